The van der Waals surface area contributed by atoms with Gasteiger partial charge in [-0.1, -0.05) is 0 Å². The third kappa shape index (κ3) is 6.62. The molecule has 0 amide bonds. The number of alkyl halides is 16. The van der Waals surface area contributed by atoms with Crippen LogP contribution in [0.15, 0.2) is 18.2 Å². The number of carbonyl (C=O) groups excluding carboxylic acids is 2. The summed E-state index contributed by atoms with van der Waals surface area (Å²) in [6, 6.07) is 1.05. The molecule has 0 heterocycles. The van der Waals surface area contributed by atoms with Gasteiger partial charge in [0.05, 0.1) is 5.56 Å². The predicted octanol–water partition coefficient (Wildman–Crippen LogP) is 7.75. The smallest absolute Gasteiger partial charge is 0.427 e. The van der Waals surface area contributed by atoms with Gasteiger partial charge in [0.2, 0.25) is 0 Å². The van der Waals surface area contributed by atoms with Crippen LogP contribution in [0.5, 0.6) is 5.75 Å². The van der Waals surface area contributed by atoms with Gasteiger partial charge >= 0.3 is 48.3 Å². The zero-order valence-corrected chi connectivity index (χ0v) is 19.6. The minimum absolute atomic E-state index is 0.0606. The fourth-order valence-electron chi connectivity index (χ4n) is 2.17. The maximum absolute atomic E-state index is 14.5. The third-order valence-electron chi connectivity index (χ3n) is 4.23. The van der Waals surface area contributed by atoms with E-state index in [4.69, 9.17) is 23.2 Å². The van der Waals surface area contributed by atoms with E-state index < -0.39 is 82.6 Å². The van der Waals surface area contributed by atoms with Crippen LogP contribution in [0.1, 0.15) is 27.6 Å². The maximum atomic E-state index is 14.5. The molecule has 0 aliphatic carbocycles. The molecule has 0 aromatic heterocycles. The molecule has 23 heteroatoms. The van der Waals surface area contributed by atoms with E-state index in [2.05, 4.69) is 9.47 Å². The first-order valence-corrected chi connectivity index (χ1v) is 9.78. The van der Waals surface area contributed by atoms with Crippen molar-refractivity contribution in [2.24, 2.45) is 0 Å². The van der Waals surface area contributed by atoms with Gasteiger partial charge in [-0.3, -0.25) is 19.1 Å². The average molecular weight is 665 g/mol. The summed E-state index contributed by atoms with van der Waals surface area (Å²) in [5.74, 6) is -23.4. The van der Waals surface area contributed by atoms with Crippen molar-refractivity contribution < 1.29 is 94.0 Å². The van der Waals surface area contributed by atoms with Gasteiger partial charge < -0.3 is 4.74 Å². The van der Waals surface area contributed by atoms with Crippen molar-refractivity contribution in [3.63, 3.8) is 0 Å². The first-order chi connectivity index (χ1) is 17.4. The van der Waals surface area contributed by atoms with E-state index in [1.165, 1.54) is 4.74 Å². The lowest BCUT2D eigenvalue weighted by Gasteiger charge is -2.40. The monoisotopic (exact) mass is 664 g/mol. The number of hydrogen-bond donors (Lipinski definition) is 0. The quantitative estimate of drug-likeness (QED) is 0.179. The fraction of sp³-hybridized carbons (Fsp3) is 0.529. The Morgan fingerprint density at radius 1 is 0.650 bits per heavy atom. The van der Waals surface area contributed by atoms with Crippen LogP contribution < -0.4 is 4.74 Å². The van der Waals surface area contributed by atoms with Gasteiger partial charge in [0, 0.05) is 12.5 Å². The standard InChI is InChI=1S/C17H6Cl2F16O5/c1-10(20,15(30,31)38-7-4-5(8(18)36)2-3-6(7)9(19)37)39-17(34,35)12(23,14(27,28)29)40-16(32,33)11(21,22)13(24,25)26/h2-4H,1H3. The molecule has 2 unspecified atom stereocenters. The van der Waals surface area contributed by atoms with E-state index in [9.17, 15) is 79.8 Å². The number of benzene rings is 1. The highest BCUT2D eigenvalue weighted by atomic mass is 35.5. The SMILES string of the molecule is CC(F)(OC(F)(F)C(F)(OC(F)(F)C(F)(F)C(F)(F)F)C(F)(F)F)C(F)(F)Oc1cc(C(=O)Cl)ccc1C(=O)Cl. The summed E-state index contributed by atoms with van der Waals surface area (Å²) in [7, 11) is 0. The molecule has 1 rings (SSSR count). The van der Waals surface area contributed by atoms with Crippen LogP contribution in [0, 0.1) is 0 Å². The van der Waals surface area contributed by atoms with Crippen LogP contribution in [-0.4, -0.2) is 58.8 Å². The molecular formula is C17H6Cl2F16O5. The van der Waals surface area contributed by atoms with Crippen molar-refractivity contribution in [2.45, 2.75) is 55.2 Å². The van der Waals surface area contributed by atoms with Crippen molar-refractivity contribution in [2.75, 3.05) is 0 Å². The Labute approximate surface area is 218 Å². The van der Waals surface area contributed by atoms with Gasteiger partial charge in [-0.2, -0.15) is 65.9 Å². The molecule has 1 aromatic carbocycles. The van der Waals surface area contributed by atoms with E-state index >= 15 is 0 Å². The second-order valence-electron chi connectivity index (χ2n) is 7.20. The number of halogens is 18. The van der Waals surface area contributed by atoms with Crippen LogP contribution >= 0.6 is 23.2 Å². The van der Waals surface area contributed by atoms with Crippen LogP contribution in [0.3, 0.4) is 0 Å². The zero-order chi connectivity index (χ0) is 32.1. The molecule has 0 aliphatic rings. The molecule has 0 N–H and O–H groups in total. The van der Waals surface area contributed by atoms with Gasteiger partial charge in [-0.05, 0) is 41.4 Å². The number of ether oxygens (including phenoxy) is 3. The molecule has 2 atom stereocenters. The molecule has 0 fully saturated rings. The minimum Gasteiger partial charge on any atom is -0.427 e. The molecule has 40 heavy (non-hydrogen) atoms. The molecule has 0 bridgehead atoms. The average Bonchev–Trinajstić information content (AvgIpc) is 2.69. The maximum Gasteiger partial charge on any atom is 0.462 e. The summed E-state index contributed by atoms with van der Waals surface area (Å²) in [4.78, 5) is 22.5. The summed E-state index contributed by atoms with van der Waals surface area (Å²) in [5, 5.41) is -3.26. The molecule has 0 spiro atoms. The highest BCUT2D eigenvalue weighted by molar-refractivity contribution is 6.68. The normalized spacial score (nSPS) is 17.2. The topological polar surface area (TPSA) is 61.8 Å². The molecular weight excluding hydrogens is 659 g/mol. The first kappa shape index (κ1) is 35.8. The van der Waals surface area contributed by atoms with Crippen molar-refractivity contribution in [1.29, 1.82) is 0 Å². The molecule has 0 saturated heterocycles. The van der Waals surface area contributed by atoms with Gasteiger partial charge in [0.25, 0.3) is 10.5 Å². The van der Waals surface area contributed by atoms with E-state index in [0.717, 1.165) is 0 Å². The van der Waals surface area contributed by atoms with Crippen LogP contribution in [0.25, 0.3) is 0 Å². The van der Waals surface area contributed by atoms with E-state index in [1.54, 1.807) is 0 Å². The van der Waals surface area contributed by atoms with Crippen LogP contribution in [0.4, 0.5) is 70.2 Å². The van der Waals surface area contributed by atoms with Gasteiger partial charge in [0.15, 0.2) is 0 Å². The van der Waals surface area contributed by atoms with Gasteiger partial charge in [-0.25, -0.2) is 4.39 Å². The summed E-state index contributed by atoms with van der Waals surface area (Å²) in [5.41, 5.74) is -2.10. The second kappa shape index (κ2) is 10.5. The lowest BCUT2D eigenvalue weighted by atomic mass is 10.1. The summed E-state index contributed by atoms with van der Waals surface area (Å²) in [6.45, 7) is -1.00. The van der Waals surface area contributed by atoms with Gasteiger partial charge in [-0.15, -0.1) is 0 Å². The summed E-state index contributed by atoms with van der Waals surface area (Å²) in [6.07, 6.45) is -37.1. The zero-order valence-electron chi connectivity index (χ0n) is 18.1. The Balaban J connectivity index is 3.60. The van der Waals surface area contributed by atoms with Crippen LogP contribution in [-0.2, 0) is 9.47 Å². The second-order valence-corrected chi connectivity index (χ2v) is 7.88. The van der Waals surface area contributed by atoms with Crippen LogP contribution in [0.2, 0.25) is 0 Å². The third-order valence-corrected chi connectivity index (χ3v) is 4.65. The Morgan fingerprint density at radius 3 is 1.50 bits per heavy atom. The molecule has 0 aliphatic heterocycles. The lowest BCUT2D eigenvalue weighted by molar-refractivity contribution is -0.552. The highest BCUT2D eigenvalue weighted by Gasteiger charge is 2.84. The Hall–Kier alpha value is -2.26. The highest BCUT2D eigenvalue weighted by Crippen LogP contribution is 2.56. The first-order valence-electron chi connectivity index (χ1n) is 9.02. The Kier molecular flexibility index (Phi) is 9.42. The lowest BCUT2D eigenvalue weighted by Crippen LogP contribution is -2.67. The molecule has 0 radical (unpaired) electrons. The van der Waals surface area contributed by atoms with E-state index in [1.807, 2.05) is 0 Å². The van der Waals surface area contributed by atoms with Crippen molar-refractivity contribution in [1.82, 2.24) is 0 Å². The largest absolute Gasteiger partial charge is 0.462 e. The predicted molar refractivity (Wildman–Crippen MR) is 94.9 cm³/mol. The number of hydrogen-bond acceptors (Lipinski definition) is 5. The molecule has 0 saturated carbocycles. The summed E-state index contributed by atoms with van der Waals surface area (Å²) >= 11 is 10.0. The Morgan fingerprint density at radius 2 is 1.12 bits per heavy atom. The Bertz CT molecular complexity index is 1130. The number of carbonyl (C=O) groups is 2. The molecule has 1 aromatic rings. The van der Waals surface area contributed by atoms with Gasteiger partial charge in [0.1, 0.15) is 5.75 Å². The summed E-state index contributed by atoms with van der Waals surface area (Å²) < 4.78 is 220. The molecule has 5 nitrogen and oxygen atoms in total. The van der Waals surface area contributed by atoms with Crippen molar-refractivity contribution in [3.05, 3.63) is 29.3 Å². The van der Waals surface area contributed by atoms with E-state index in [-0.39, 0.29) is 6.07 Å². The minimum atomic E-state index is -7.90. The molecule has 230 valence electrons. The number of rotatable bonds is 11. The fourth-order valence-corrected chi connectivity index (χ4v) is 2.45. The van der Waals surface area contributed by atoms with E-state index in [0.29, 0.717) is 12.1 Å². The van der Waals surface area contributed by atoms with Crippen molar-refractivity contribution in [3.8, 4) is 5.75 Å². The van der Waals surface area contributed by atoms with Crippen molar-refractivity contribution >= 4 is 33.7 Å².